The Kier molecular flexibility index (Phi) is 2.60. The van der Waals surface area contributed by atoms with Crippen LogP contribution in [0.2, 0.25) is 0 Å². The summed E-state index contributed by atoms with van der Waals surface area (Å²) >= 11 is 0. The van der Waals surface area contributed by atoms with E-state index < -0.39 is 11.9 Å². The fourth-order valence-corrected chi connectivity index (χ4v) is 3.29. The Morgan fingerprint density at radius 2 is 1.82 bits per heavy atom. The Hall–Kier alpha value is -2.70. The Morgan fingerprint density at radius 1 is 1.05 bits per heavy atom. The third-order valence-corrected chi connectivity index (χ3v) is 4.43. The van der Waals surface area contributed by atoms with Crippen molar-refractivity contribution in [3.05, 3.63) is 34.4 Å². The zero-order chi connectivity index (χ0) is 15.4. The fourth-order valence-electron chi connectivity index (χ4n) is 3.29. The van der Waals surface area contributed by atoms with E-state index >= 15 is 0 Å². The third-order valence-electron chi connectivity index (χ3n) is 4.43. The van der Waals surface area contributed by atoms with Crippen molar-refractivity contribution in [1.82, 2.24) is 15.5 Å². The number of amides is 4. The van der Waals surface area contributed by atoms with E-state index in [9.17, 15) is 19.2 Å². The lowest BCUT2D eigenvalue weighted by Gasteiger charge is -2.29. The lowest BCUT2D eigenvalue weighted by atomic mass is 10.0. The summed E-state index contributed by atoms with van der Waals surface area (Å²) in [6.07, 6.45) is 0.569. The Morgan fingerprint density at radius 3 is 2.59 bits per heavy atom. The molecule has 0 radical (unpaired) electrons. The SMILES string of the molecule is O=C1CCC(N2Cc3cc4c(cc3C2=O)CNC4=O)C(=O)N1. The van der Waals surface area contributed by atoms with Crippen LogP contribution in [0.1, 0.15) is 44.7 Å². The third kappa shape index (κ3) is 1.75. The van der Waals surface area contributed by atoms with E-state index in [0.717, 1.165) is 11.1 Å². The highest BCUT2D eigenvalue weighted by Gasteiger charge is 2.40. The van der Waals surface area contributed by atoms with E-state index in [1.165, 1.54) is 4.90 Å². The smallest absolute Gasteiger partial charge is 0.255 e. The van der Waals surface area contributed by atoms with Crippen LogP contribution in [0.15, 0.2) is 12.1 Å². The van der Waals surface area contributed by atoms with E-state index in [4.69, 9.17) is 0 Å². The Labute approximate surface area is 125 Å². The normalized spacial score (nSPS) is 23.3. The van der Waals surface area contributed by atoms with Crippen molar-refractivity contribution in [2.24, 2.45) is 0 Å². The van der Waals surface area contributed by atoms with E-state index in [1.807, 2.05) is 0 Å². The van der Waals surface area contributed by atoms with Gasteiger partial charge < -0.3 is 10.2 Å². The molecule has 3 aliphatic heterocycles. The first-order valence-corrected chi connectivity index (χ1v) is 7.13. The van der Waals surface area contributed by atoms with E-state index in [2.05, 4.69) is 10.6 Å². The number of nitrogens with zero attached hydrogens (tertiary/aromatic N) is 1. The summed E-state index contributed by atoms with van der Waals surface area (Å²) in [5, 5.41) is 4.99. The fraction of sp³-hybridized carbons (Fsp3) is 0.333. The molecule has 112 valence electrons. The van der Waals surface area contributed by atoms with Crippen LogP contribution in [0.3, 0.4) is 0 Å². The molecule has 0 bridgehead atoms. The average molecular weight is 299 g/mol. The molecule has 7 nitrogen and oxygen atoms in total. The van der Waals surface area contributed by atoms with Crippen molar-refractivity contribution in [2.75, 3.05) is 0 Å². The summed E-state index contributed by atoms with van der Waals surface area (Å²) in [6, 6.07) is 2.84. The number of fused-ring (bicyclic) bond motifs is 2. The molecule has 3 aliphatic rings. The van der Waals surface area contributed by atoms with Crippen LogP contribution in [0.4, 0.5) is 0 Å². The van der Waals surface area contributed by atoms with Gasteiger partial charge in [0.15, 0.2) is 0 Å². The van der Waals surface area contributed by atoms with Crippen LogP contribution < -0.4 is 10.6 Å². The van der Waals surface area contributed by atoms with Crippen molar-refractivity contribution in [3.8, 4) is 0 Å². The van der Waals surface area contributed by atoms with Crippen LogP contribution in [-0.4, -0.2) is 34.6 Å². The van der Waals surface area contributed by atoms with Crippen molar-refractivity contribution >= 4 is 23.6 Å². The summed E-state index contributed by atoms with van der Waals surface area (Å²) in [6.45, 7) is 0.716. The summed E-state index contributed by atoms with van der Waals surface area (Å²) in [4.78, 5) is 48.9. The quantitative estimate of drug-likeness (QED) is 0.695. The van der Waals surface area contributed by atoms with Gasteiger partial charge in [0.25, 0.3) is 11.8 Å². The highest BCUT2D eigenvalue weighted by molar-refractivity contribution is 6.07. The Balaban J connectivity index is 1.66. The molecule has 4 amide bonds. The number of rotatable bonds is 1. The lowest BCUT2D eigenvalue weighted by Crippen LogP contribution is -2.52. The van der Waals surface area contributed by atoms with Crippen molar-refractivity contribution in [2.45, 2.75) is 32.0 Å². The van der Waals surface area contributed by atoms with Gasteiger partial charge in [0.05, 0.1) is 0 Å². The predicted molar refractivity (Wildman–Crippen MR) is 73.7 cm³/mol. The first-order valence-electron chi connectivity index (χ1n) is 7.13. The van der Waals surface area contributed by atoms with Crippen LogP contribution >= 0.6 is 0 Å². The predicted octanol–water partition coefficient (Wildman–Crippen LogP) is -0.309. The minimum atomic E-state index is -0.624. The molecule has 0 aliphatic carbocycles. The first kappa shape index (κ1) is 13.0. The van der Waals surface area contributed by atoms with Crippen LogP contribution in [0.25, 0.3) is 0 Å². The standard InChI is InChI=1S/C15H13N3O4/c19-12-2-1-11(14(21)17-12)18-6-8-4-9-7(5-16-13(9)20)3-10(8)15(18)22/h3-4,11H,1-2,5-6H2,(H,16,20)(H,17,19,21). The molecule has 1 atom stereocenters. The molecule has 2 N–H and O–H groups in total. The van der Waals surface area contributed by atoms with Gasteiger partial charge in [-0.2, -0.15) is 0 Å². The van der Waals surface area contributed by atoms with Crippen molar-refractivity contribution in [1.29, 1.82) is 0 Å². The van der Waals surface area contributed by atoms with Crippen LogP contribution in [0.5, 0.6) is 0 Å². The number of hydrogen-bond donors (Lipinski definition) is 2. The van der Waals surface area contributed by atoms with Gasteiger partial charge in [-0.15, -0.1) is 0 Å². The number of benzene rings is 1. The maximum atomic E-state index is 12.6. The highest BCUT2D eigenvalue weighted by Crippen LogP contribution is 2.31. The summed E-state index contributed by atoms with van der Waals surface area (Å²) in [7, 11) is 0. The molecule has 0 aromatic heterocycles. The topological polar surface area (TPSA) is 95.6 Å². The van der Waals surface area contributed by atoms with Gasteiger partial charge in [-0.1, -0.05) is 0 Å². The number of nitrogens with one attached hydrogen (secondary N) is 2. The largest absolute Gasteiger partial charge is 0.348 e. The summed E-state index contributed by atoms with van der Waals surface area (Å²) < 4.78 is 0. The van der Waals surface area contributed by atoms with Crippen LogP contribution in [0, 0.1) is 0 Å². The second-order valence-corrected chi connectivity index (χ2v) is 5.75. The molecule has 7 heteroatoms. The van der Waals surface area contributed by atoms with E-state index in [-0.39, 0.29) is 24.1 Å². The number of carbonyl (C=O) groups is 4. The average Bonchev–Trinajstić information content (AvgIpc) is 2.99. The minimum Gasteiger partial charge on any atom is -0.348 e. The van der Waals surface area contributed by atoms with Gasteiger partial charge in [-0.05, 0) is 29.7 Å². The summed E-state index contributed by atoms with van der Waals surface area (Å²) in [5.41, 5.74) is 2.70. The highest BCUT2D eigenvalue weighted by atomic mass is 16.2. The van der Waals surface area contributed by atoms with Gasteiger partial charge >= 0.3 is 0 Å². The monoisotopic (exact) mass is 299 g/mol. The second kappa shape index (κ2) is 4.40. The molecule has 1 unspecified atom stereocenters. The van der Waals surface area contributed by atoms with Crippen LogP contribution in [-0.2, 0) is 22.7 Å². The zero-order valence-electron chi connectivity index (χ0n) is 11.6. The Bertz CT molecular complexity index is 755. The number of carbonyl (C=O) groups excluding carboxylic acids is 4. The van der Waals surface area contributed by atoms with Gasteiger partial charge in [0.2, 0.25) is 11.8 Å². The second-order valence-electron chi connectivity index (χ2n) is 5.75. The molecule has 1 aromatic carbocycles. The molecule has 0 saturated carbocycles. The molecule has 22 heavy (non-hydrogen) atoms. The van der Waals surface area contributed by atoms with Gasteiger partial charge in [-0.3, -0.25) is 24.5 Å². The van der Waals surface area contributed by atoms with Gasteiger partial charge in [0.1, 0.15) is 6.04 Å². The molecular weight excluding hydrogens is 286 g/mol. The summed E-state index contributed by atoms with van der Waals surface area (Å²) in [5.74, 6) is -1.08. The van der Waals surface area contributed by atoms with Crippen molar-refractivity contribution < 1.29 is 19.2 Å². The molecule has 3 heterocycles. The van der Waals surface area contributed by atoms with Crippen molar-refractivity contribution in [3.63, 3.8) is 0 Å². The number of hydrogen-bond acceptors (Lipinski definition) is 4. The minimum absolute atomic E-state index is 0.135. The molecule has 1 saturated heterocycles. The zero-order valence-corrected chi connectivity index (χ0v) is 11.6. The lowest BCUT2D eigenvalue weighted by molar-refractivity contribution is -0.136. The van der Waals surface area contributed by atoms with Gasteiger partial charge in [-0.25, -0.2) is 0 Å². The number of piperidine rings is 1. The molecule has 1 fully saturated rings. The first-order chi connectivity index (χ1) is 10.5. The van der Waals surface area contributed by atoms with E-state index in [1.54, 1.807) is 12.1 Å². The molecular formula is C15H13N3O4. The molecule has 1 aromatic rings. The maximum absolute atomic E-state index is 12.6. The molecule has 4 rings (SSSR count). The molecule has 0 spiro atoms. The number of imide groups is 1. The van der Waals surface area contributed by atoms with Gasteiger partial charge in [0, 0.05) is 30.6 Å². The maximum Gasteiger partial charge on any atom is 0.255 e. The van der Waals surface area contributed by atoms with E-state index in [0.29, 0.717) is 30.6 Å².